The summed E-state index contributed by atoms with van der Waals surface area (Å²) in [5, 5.41) is 0. The van der Waals surface area contributed by atoms with Crippen molar-refractivity contribution in [3.05, 3.63) is 34.9 Å². The monoisotopic (exact) mass is 221 g/mol. The molecule has 0 aliphatic heterocycles. The van der Waals surface area contributed by atoms with Gasteiger partial charge in [0, 0.05) is 5.56 Å². The second kappa shape index (κ2) is 5.06. The fraction of sp³-hybridized carbons (Fsp3) is 0.182. The van der Waals surface area contributed by atoms with Gasteiger partial charge in [-0.25, -0.2) is 9.59 Å². The lowest BCUT2D eigenvalue weighted by molar-refractivity contribution is 0.0599. The minimum Gasteiger partial charge on any atom is -0.465 e. The van der Waals surface area contributed by atoms with Crippen LogP contribution < -0.4 is 0 Å². The molecule has 1 aromatic carbocycles. The SMILES string of the molecule is COC(=O)c1cc([C]=O)cc(C(=O)OC)c1. The lowest BCUT2D eigenvalue weighted by Crippen LogP contribution is -2.07. The van der Waals surface area contributed by atoms with Crippen LogP contribution in [-0.4, -0.2) is 32.4 Å². The molecule has 83 valence electrons. The van der Waals surface area contributed by atoms with Crippen LogP contribution in [0.25, 0.3) is 0 Å². The van der Waals surface area contributed by atoms with Crippen LogP contribution in [0.1, 0.15) is 26.3 Å². The minimum absolute atomic E-state index is 0.0864. The summed E-state index contributed by atoms with van der Waals surface area (Å²) in [6.45, 7) is 0. The number of methoxy groups -OCH3 is 2. The van der Waals surface area contributed by atoms with E-state index >= 15 is 0 Å². The quantitative estimate of drug-likeness (QED) is 0.703. The summed E-state index contributed by atoms with van der Waals surface area (Å²) in [6, 6.07) is 3.86. The predicted molar refractivity (Wildman–Crippen MR) is 53.9 cm³/mol. The van der Waals surface area contributed by atoms with E-state index < -0.39 is 11.9 Å². The van der Waals surface area contributed by atoms with E-state index in [1.54, 1.807) is 6.29 Å². The molecule has 0 aromatic heterocycles. The van der Waals surface area contributed by atoms with E-state index in [0.717, 1.165) is 0 Å². The highest BCUT2D eigenvalue weighted by Gasteiger charge is 2.13. The van der Waals surface area contributed by atoms with Crippen LogP contribution in [0.3, 0.4) is 0 Å². The van der Waals surface area contributed by atoms with Gasteiger partial charge in [-0.2, -0.15) is 0 Å². The highest BCUT2D eigenvalue weighted by Crippen LogP contribution is 2.11. The molecular formula is C11H9O5. The van der Waals surface area contributed by atoms with Crippen LogP contribution in [0.4, 0.5) is 0 Å². The van der Waals surface area contributed by atoms with Gasteiger partial charge in [0.25, 0.3) is 0 Å². The van der Waals surface area contributed by atoms with Crippen molar-refractivity contribution < 1.29 is 23.9 Å². The minimum atomic E-state index is -0.637. The second-order valence-electron chi connectivity index (χ2n) is 2.88. The Morgan fingerprint density at radius 3 is 1.75 bits per heavy atom. The van der Waals surface area contributed by atoms with Crippen molar-refractivity contribution >= 4 is 18.2 Å². The van der Waals surface area contributed by atoms with Crippen molar-refractivity contribution in [1.82, 2.24) is 0 Å². The Hall–Kier alpha value is -2.17. The summed E-state index contributed by atoms with van der Waals surface area (Å²) >= 11 is 0. The van der Waals surface area contributed by atoms with Crippen LogP contribution >= 0.6 is 0 Å². The van der Waals surface area contributed by atoms with Gasteiger partial charge in [0.2, 0.25) is 6.29 Å². The smallest absolute Gasteiger partial charge is 0.337 e. The Morgan fingerprint density at radius 1 is 1.00 bits per heavy atom. The Bertz CT molecular complexity index is 402. The fourth-order valence-electron chi connectivity index (χ4n) is 1.16. The summed E-state index contributed by atoms with van der Waals surface area (Å²) < 4.78 is 8.97. The van der Waals surface area contributed by atoms with E-state index in [4.69, 9.17) is 0 Å². The van der Waals surface area contributed by atoms with Gasteiger partial charge >= 0.3 is 11.9 Å². The fourth-order valence-corrected chi connectivity index (χ4v) is 1.16. The topological polar surface area (TPSA) is 69.7 Å². The molecule has 0 fully saturated rings. The summed E-state index contributed by atoms with van der Waals surface area (Å²) in [5.41, 5.74) is 0.288. The van der Waals surface area contributed by atoms with Gasteiger partial charge in [0.15, 0.2) is 0 Å². The summed E-state index contributed by atoms with van der Waals surface area (Å²) in [7, 11) is 2.41. The molecule has 0 saturated carbocycles. The van der Waals surface area contributed by atoms with Gasteiger partial charge in [-0.1, -0.05) is 0 Å². The molecule has 5 nitrogen and oxygen atoms in total. The zero-order chi connectivity index (χ0) is 12.1. The Labute approximate surface area is 92.0 Å². The zero-order valence-corrected chi connectivity index (χ0v) is 8.77. The lowest BCUT2D eigenvalue weighted by Gasteiger charge is -2.03. The van der Waals surface area contributed by atoms with Crippen molar-refractivity contribution in [3.8, 4) is 0 Å². The maximum atomic E-state index is 11.2. The Morgan fingerprint density at radius 2 is 1.44 bits per heavy atom. The van der Waals surface area contributed by atoms with Gasteiger partial charge in [0.1, 0.15) is 0 Å². The van der Waals surface area contributed by atoms with Gasteiger partial charge < -0.3 is 9.47 Å². The van der Waals surface area contributed by atoms with Crippen molar-refractivity contribution in [2.75, 3.05) is 14.2 Å². The van der Waals surface area contributed by atoms with E-state index in [-0.39, 0.29) is 16.7 Å². The largest absolute Gasteiger partial charge is 0.465 e. The lowest BCUT2D eigenvalue weighted by atomic mass is 10.1. The van der Waals surface area contributed by atoms with Gasteiger partial charge in [0.05, 0.1) is 25.3 Å². The van der Waals surface area contributed by atoms with E-state index in [1.165, 1.54) is 32.4 Å². The first-order valence-corrected chi connectivity index (χ1v) is 4.32. The van der Waals surface area contributed by atoms with E-state index in [1.807, 2.05) is 0 Å². The number of esters is 2. The van der Waals surface area contributed by atoms with E-state index in [2.05, 4.69) is 9.47 Å². The number of carbonyl (C=O) groups is 2. The summed E-state index contributed by atoms with van der Waals surface area (Å²) in [4.78, 5) is 33.0. The Kier molecular flexibility index (Phi) is 3.77. The first kappa shape index (κ1) is 11.9. The molecule has 0 atom stereocenters. The highest BCUT2D eigenvalue weighted by molar-refractivity contribution is 5.97. The molecule has 0 heterocycles. The van der Waals surface area contributed by atoms with Crippen LogP contribution in [-0.2, 0) is 14.3 Å². The summed E-state index contributed by atoms with van der Waals surface area (Å²) in [5.74, 6) is -1.27. The van der Waals surface area contributed by atoms with Crippen molar-refractivity contribution in [2.45, 2.75) is 0 Å². The normalized spacial score (nSPS) is 9.38. The van der Waals surface area contributed by atoms with Crippen LogP contribution in [0.5, 0.6) is 0 Å². The molecule has 1 rings (SSSR count). The number of carbonyl (C=O) groups excluding carboxylic acids is 3. The molecular weight excluding hydrogens is 212 g/mol. The molecule has 0 spiro atoms. The molecule has 0 saturated heterocycles. The standard InChI is InChI=1S/C11H9O5/c1-15-10(13)8-3-7(6-12)4-9(5-8)11(14)16-2/h3-5H,1-2H3. The third kappa shape index (κ3) is 2.44. The van der Waals surface area contributed by atoms with Gasteiger partial charge in [-0.05, 0) is 18.2 Å². The number of hydrogen-bond acceptors (Lipinski definition) is 5. The van der Waals surface area contributed by atoms with Crippen LogP contribution in [0.15, 0.2) is 18.2 Å². The average molecular weight is 221 g/mol. The number of rotatable bonds is 3. The van der Waals surface area contributed by atoms with Crippen LogP contribution in [0, 0.1) is 0 Å². The molecule has 0 unspecified atom stereocenters. The molecule has 0 N–H and O–H groups in total. The number of hydrogen-bond donors (Lipinski definition) is 0. The molecule has 0 amide bonds. The first-order chi connectivity index (χ1) is 7.62. The van der Waals surface area contributed by atoms with E-state index in [0.29, 0.717) is 0 Å². The number of ether oxygens (including phenoxy) is 2. The summed E-state index contributed by atoms with van der Waals surface area (Å²) in [6.07, 6.45) is 1.60. The highest BCUT2D eigenvalue weighted by atomic mass is 16.5. The molecule has 0 aliphatic carbocycles. The van der Waals surface area contributed by atoms with Gasteiger partial charge in [-0.3, -0.25) is 4.79 Å². The molecule has 0 bridgehead atoms. The van der Waals surface area contributed by atoms with E-state index in [9.17, 15) is 14.4 Å². The molecule has 1 radical (unpaired) electrons. The number of benzene rings is 1. The van der Waals surface area contributed by atoms with Crippen LogP contribution in [0.2, 0.25) is 0 Å². The third-order valence-electron chi connectivity index (χ3n) is 1.89. The molecule has 0 aliphatic rings. The maximum Gasteiger partial charge on any atom is 0.337 e. The zero-order valence-electron chi connectivity index (χ0n) is 8.77. The Balaban J connectivity index is 3.26. The maximum absolute atomic E-state index is 11.2. The average Bonchev–Trinajstić information content (AvgIpc) is 2.35. The van der Waals surface area contributed by atoms with Crippen molar-refractivity contribution in [1.29, 1.82) is 0 Å². The molecule has 1 aromatic rings. The molecule has 16 heavy (non-hydrogen) atoms. The first-order valence-electron chi connectivity index (χ1n) is 4.32. The van der Waals surface area contributed by atoms with Crippen molar-refractivity contribution in [3.63, 3.8) is 0 Å². The third-order valence-corrected chi connectivity index (χ3v) is 1.89. The van der Waals surface area contributed by atoms with Crippen molar-refractivity contribution in [2.24, 2.45) is 0 Å². The van der Waals surface area contributed by atoms with Gasteiger partial charge in [-0.15, -0.1) is 0 Å². The predicted octanol–water partition coefficient (Wildman–Crippen LogP) is 0.718. The second-order valence-corrected chi connectivity index (χ2v) is 2.88. The molecule has 5 heteroatoms.